The van der Waals surface area contributed by atoms with Crippen LogP contribution in [0.1, 0.15) is 45.9 Å². The van der Waals surface area contributed by atoms with Crippen LogP contribution in [0.25, 0.3) is 16.9 Å². The number of halogens is 2. The highest BCUT2D eigenvalue weighted by Crippen LogP contribution is 2.30. The van der Waals surface area contributed by atoms with Crippen LogP contribution in [0.5, 0.6) is 17.2 Å². The smallest absolute Gasteiger partial charge is 0.129 e. The highest BCUT2D eigenvalue weighted by atomic mass is 35.5. The van der Waals surface area contributed by atoms with Crippen LogP contribution in [-0.4, -0.2) is 40.7 Å². The number of unbranched alkanes of at least 4 members (excludes halogenated alkanes) is 1. The van der Waals surface area contributed by atoms with E-state index >= 15 is 0 Å². The number of aromatic nitrogens is 2. The zero-order valence-corrected chi connectivity index (χ0v) is 24.5. The molecule has 0 fully saturated rings. The van der Waals surface area contributed by atoms with E-state index in [1.807, 2.05) is 36.4 Å². The molecule has 0 saturated heterocycles. The summed E-state index contributed by atoms with van der Waals surface area (Å²) in [6.07, 6.45) is 6.23. The van der Waals surface area contributed by atoms with E-state index in [9.17, 15) is 0 Å². The molecule has 0 N–H and O–H groups in total. The molecule has 4 rings (SSSR count). The summed E-state index contributed by atoms with van der Waals surface area (Å²) in [7, 11) is 0. The topological polar surface area (TPSA) is 39.5 Å². The highest BCUT2D eigenvalue weighted by molar-refractivity contribution is 6.42. The van der Waals surface area contributed by atoms with Gasteiger partial charge < -0.3 is 18.9 Å². The van der Waals surface area contributed by atoms with Gasteiger partial charge in [-0.15, -0.1) is 0 Å². The maximum absolute atomic E-state index is 6.12. The molecule has 0 spiro atoms. The zero-order valence-electron chi connectivity index (χ0n) is 23.0. The van der Waals surface area contributed by atoms with Crippen molar-refractivity contribution in [2.75, 3.05) is 26.2 Å². The molecule has 0 radical (unpaired) electrons. The molecule has 7 heteroatoms. The molecule has 206 valence electrons. The Morgan fingerprint density at radius 3 is 2.15 bits per heavy atom. The van der Waals surface area contributed by atoms with E-state index in [0.717, 1.165) is 86.2 Å². The Balaban J connectivity index is 1.46. The molecule has 39 heavy (non-hydrogen) atoms. The van der Waals surface area contributed by atoms with Crippen molar-refractivity contribution >= 4 is 23.2 Å². The maximum atomic E-state index is 6.12. The number of hydrogen-bond acceptors (Lipinski definition) is 4. The molecule has 0 atom stereocenters. The molecular weight excluding hydrogens is 529 g/mol. The highest BCUT2D eigenvalue weighted by Gasteiger charge is 2.12. The monoisotopic (exact) mass is 565 g/mol. The minimum atomic E-state index is 0.465. The fourth-order valence-electron chi connectivity index (χ4n) is 4.38. The van der Waals surface area contributed by atoms with E-state index in [4.69, 9.17) is 37.7 Å². The zero-order chi connectivity index (χ0) is 27.6. The average molecular weight is 567 g/mol. The first-order valence-electron chi connectivity index (χ1n) is 13.8. The van der Waals surface area contributed by atoms with Crippen LogP contribution in [0.3, 0.4) is 0 Å². The maximum Gasteiger partial charge on any atom is 0.129 e. The van der Waals surface area contributed by atoms with Gasteiger partial charge in [-0.3, -0.25) is 0 Å². The fourth-order valence-corrected chi connectivity index (χ4v) is 4.67. The third kappa shape index (κ3) is 8.01. The number of hydrogen-bond donors (Lipinski definition) is 0. The molecule has 3 aromatic carbocycles. The van der Waals surface area contributed by atoms with Gasteiger partial charge in [0.2, 0.25) is 0 Å². The lowest BCUT2D eigenvalue weighted by Crippen LogP contribution is -2.25. The van der Waals surface area contributed by atoms with Crippen molar-refractivity contribution in [3.8, 4) is 34.2 Å². The SMILES string of the molecule is CCCCc1nc(-c2ccc(OCCCN(CC)CC)cc2)cn1-c1ccc(Oc2ccc(Cl)c(Cl)c2)cc1. The number of rotatable bonds is 14. The van der Waals surface area contributed by atoms with E-state index in [-0.39, 0.29) is 0 Å². The largest absolute Gasteiger partial charge is 0.494 e. The molecule has 0 saturated carbocycles. The fraction of sp³-hybridized carbons (Fsp3) is 0.344. The van der Waals surface area contributed by atoms with E-state index in [1.54, 1.807) is 18.2 Å². The van der Waals surface area contributed by atoms with Gasteiger partial charge in [-0.05, 0) is 86.6 Å². The van der Waals surface area contributed by atoms with Crippen molar-refractivity contribution < 1.29 is 9.47 Å². The van der Waals surface area contributed by atoms with Gasteiger partial charge in [0.15, 0.2) is 0 Å². The molecule has 0 aliphatic rings. The predicted octanol–water partition coefficient (Wildman–Crippen LogP) is 9.09. The minimum absolute atomic E-state index is 0.465. The first-order chi connectivity index (χ1) is 19.0. The lowest BCUT2D eigenvalue weighted by molar-refractivity contribution is 0.249. The molecule has 1 heterocycles. The average Bonchev–Trinajstić information content (AvgIpc) is 3.39. The van der Waals surface area contributed by atoms with Crippen LogP contribution < -0.4 is 9.47 Å². The van der Waals surface area contributed by atoms with Gasteiger partial charge in [0, 0.05) is 36.5 Å². The Morgan fingerprint density at radius 1 is 0.795 bits per heavy atom. The second-order valence-electron chi connectivity index (χ2n) is 9.44. The van der Waals surface area contributed by atoms with Gasteiger partial charge in [0.25, 0.3) is 0 Å². The Hall–Kier alpha value is -2.99. The summed E-state index contributed by atoms with van der Waals surface area (Å²) < 4.78 is 14.1. The van der Waals surface area contributed by atoms with Crippen molar-refractivity contribution in [2.24, 2.45) is 0 Å². The van der Waals surface area contributed by atoms with E-state index in [0.29, 0.717) is 15.8 Å². The van der Waals surface area contributed by atoms with Crippen molar-refractivity contribution in [3.63, 3.8) is 0 Å². The van der Waals surface area contributed by atoms with Crippen LogP contribution >= 0.6 is 23.2 Å². The molecular formula is C32H37Cl2N3O2. The summed E-state index contributed by atoms with van der Waals surface area (Å²) in [5, 5.41) is 0.968. The quantitative estimate of drug-likeness (QED) is 0.143. The second kappa shape index (κ2) is 14.4. The van der Waals surface area contributed by atoms with Crippen molar-refractivity contribution in [2.45, 2.75) is 46.5 Å². The molecule has 0 aliphatic carbocycles. The minimum Gasteiger partial charge on any atom is -0.494 e. The van der Waals surface area contributed by atoms with Crippen LogP contribution in [0, 0.1) is 0 Å². The van der Waals surface area contributed by atoms with Gasteiger partial charge in [-0.25, -0.2) is 4.98 Å². The summed E-state index contributed by atoms with van der Waals surface area (Å²) in [6, 6.07) is 21.5. The van der Waals surface area contributed by atoms with Crippen LogP contribution in [0.2, 0.25) is 10.0 Å². The molecule has 0 amide bonds. The first-order valence-corrected chi connectivity index (χ1v) is 14.5. The van der Waals surface area contributed by atoms with Crippen molar-refractivity contribution in [3.05, 3.63) is 88.8 Å². The first kappa shape index (κ1) is 29.0. The number of aryl methyl sites for hydroxylation is 1. The van der Waals surface area contributed by atoms with Gasteiger partial charge in [0.1, 0.15) is 23.1 Å². The third-order valence-electron chi connectivity index (χ3n) is 6.71. The van der Waals surface area contributed by atoms with E-state index in [2.05, 4.69) is 48.6 Å². The third-order valence-corrected chi connectivity index (χ3v) is 7.45. The molecule has 4 aromatic rings. The van der Waals surface area contributed by atoms with Gasteiger partial charge in [0.05, 0.1) is 22.3 Å². The predicted molar refractivity (Wildman–Crippen MR) is 162 cm³/mol. The number of imidazole rings is 1. The summed E-state index contributed by atoms with van der Waals surface area (Å²) in [4.78, 5) is 7.42. The number of benzene rings is 3. The van der Waals surface area contributed by atoms with Crippen LogP contribution in [0.4, 0.5) is 0 Å². The van der Waals surface area contributed by atoms with Gasteiger partial charge in [-0.1, -0.05) is 50.4 Å². The molecule has 5 nitrogen and oxygen atoms in total. The second-order valence-corrected chi connectivity index (χ2v) is 10.3. The van der Waals surface area contributed by atoms with Gasteiger partial charge >= 0.3 is 0 Å². The summed E-state index contributed by atoms with van der Waals surface area (Å²) in [5.74, 6) is 3.30. The Morgan fingerprint density at radius 2 is 1.49 bits per heavy atom. The molecule has 0 aliphatic heterocycles. The number of nitrogens with zero attached hydrogens (tertiary/aromatic N) is 3. The Bertz CT molecular complexity index is 1320. The van der Waals surface area contributed by atoms with Crippen molar-refractivity contribution in [1.82, 2.24) is 14.5 Å². The molecule has 1 aromatic heterocycles. The summed E-state index contributed by atoms with van der Waals surface area (Å²) >= 11 is 12.1. The van der Waals surface area contributed by atoms with Crippen LogP contribution in [-0.2, 0) is 6.42 Å². The Kier molecular flexibility index (Phi) is 10.7. The van der Waals surface area contributed by atoms with E-state index < -0.39 is 0 Å². The number of ether oxygens (including phenoxy) is 2. The molecule has 0 unspecified atom stereocenters. The van der Waals surface area contributed by atoms with Crippen LogP contribution in [0.15, 0.2) is 72.9 Å². The standard InChI is InChI=1S/C32H37Cl2N3O2/c1-4-7-9-32-35-31(24-10-14-26(15-11-24)38-21-8-20-36(5-2)6-3)23-37(32)25-12-16-27(17-13-25)39-28-18-19-29(33)30(34)22-28/h10-19,22-23H,4-9,20-21H2,1-3H3. The summed E-state index contributed by atoms with van der Waals surface area (Å²) in [5.41, 5.74) is 3.06. The lowest BCUT2D eigenvalue weighted by Gasteiger charge is -2.17. The van der Waals surface area contributed by atoms with Gasteiger partial charge in [-0.2, -0.15) is 0 Å². The Labute approximate surface area is 242 Å². The lowest BCUT2D eigenvalue weighted by atomic mass is 10.1. The van der Waals surface area contributed by atoms with Crippen molar-refractivity contribution in [1.29, 1.82) is 0 Å². The summed E-state index contributed by atoms with van der Waals surface area (Å²) in [6.45, 7) is 10.5. The molecule has 0 bridgehead atoms. The van der Waals surface area contributed by atoms with E-state index in [1.165, 1.54) is 0 Å². The normalized spacial score (nSPS) is 11.2.